The summed E-state index contributed by atoms with van der Waals surface area (Å²) >= 11 is 0. The van der Waals surface area contributed by atoms with Crippen molar-refractivity contribution in [2.24, 2.45) is 11.8 Å². The Morgan fingerprint density at radius 3 is 2.05 bits per heavy atom. The van der Waals surface area contributed by atoms with Gasteiger partial charge in [0, 0.05) is 45.8 Å². The molecule has 0 bridgehead atoms. The van der Waals surface area contributed by atoms with Gasteiger partial charge in [-0.15, -0.1) is 0 Å². The van der Waals surface area contributed by atoms with Crippen LogP contribution in [0.25, 0.3) is 0 Å². The highest BCUT2D eigenvalue weighted by Gasteiger charge is 2.35. The molecule has 1 unspecified atom stereocenters. The van der Waals surface area contributed by atoms with Crippen LogP contribution in [0.5, 0.6) is 0 Å². The average molecular weight is 281 g/mol. The first kappa shape index (κ1) is 14.8. The van der Waals surface area contributed by atoms with Crippen LogP contribution in [0, 0.1) is 11.8 Å². The van der Waals surface area contributed by atoms with E-state index in [0.29, 0.717) is 5.92 Å². The van der Waals surface area contributed by atoms with E-state index in [1.807, 2.05) is 0 Å². The van der Waals surface area contributed by atoms with Crippen molar-refractivity contribution in [3.63, 3.8) is 0 Å². The van der Waals surface area contributed by atoms with Crippen LogP contribution in [0.1, 0.15) is 32.6 Å². The van der Waals surface area contributed by atoms with Crippen molar-refractivity contribution in [1.82, 2.24) is 14.7 Å². The van der Waals surface area contributed by atoms with Crippen molar-refractivity contribution in [2.45, 2.75) is 38.8 Å². The van der Waals surface area contributed by atoms with Crippen LogP contribution in [0.4, 0.5) is 0 Å². The number of likely N-dealkylation sites (tertiary alicyclic amines) is 1. The Balaban J connectivity index is 1.36. The first-order valence-electron chi connectivity index (χ1n) is 8.63. The Morgan fingerprint density at radius 1 is 0.900 bits per heavy atom. The summed E-state index contributed by atoms with van der Waals surface area (Å²) in [7, 11) is 0. The maximum atomic E-state index is 10.2. The summed E-state index contributed by atoms with van der Waals surface area (Å²) in [4.78, 5) is 7.53. The van der Waals surface area contributed by atoms with Gasteiger partial charge in [0.2, 0.25) is 0 Å². The molecule has 3 fully saturated rings. The number of piperidine rings is 1. The highest BCUT2D eigenvalue weighted by atomic mass is 16.3. The first-order valence-corrected chi connectivity index (χ1v) is 8.63. The van der Waals surface area contributed by atoms with Gasteiger partial charge < -0.3 is 14.9 Å². The summed E-state index contributed by atoms with van der Waals surface area (Å²) in [6, 6.07) is 0. The second kappa shape index (κ2) is 6.73. The first-order chi connectivity index (χ1) is 9.76. The molecule has 0 radical (unpaired) electrons. The van der Waals surface area contributed by atoms with E-state index in [2.05, 4.69) is 21.6 Å². The third-order valence-corrected chi connectivity index (χ3v) is 5.50. The SMILES string of the molecule is CCN1CCN(CC2CCN(C(O)C3CC3)CC2)CC1. The number of likely N-dealkylation sites (N-methyl/N-ethyl adjacent to an activating group) is 1. The summed E-state index contributed by atoms with van der Waals surface area (Å²) < 4.78 is 0. The Kier molecular flexibility index (Phi) is 4.97. The molecular formula is C16H31N3O. The number of rotatable bonds is 5. The van der Waals surface area contributed by atoms with E-state index in [4.69, 9.17) is 0 Å². The number of piperazine rings is 1. The smallest absolute Gasteiger partial charge is 0.110 e. The third-order valence-electron chi connectivity index (χ3n) is 5.50. The Morgan fingerprint density at radius 2 is 1.50 bits per heavy atom. The molecule has 4 nitrogen and oxygen atoms in total. The van der Waals surface area contributed by atoms with E-state index < -0.39 is 0 Å². The van der Waals surface area contributed by atoms with Crippen molar-refractivity contribution in [2.75, 3.05) is 52.4 Å². The number of nitrogens with zero attached hydrogens (tertiary/aromatic N) is 3. The fourth-order valence-electron chi connectivity index (χ4n) is 3.75. The van der Waals surface area contributed by atoms with Crippen LogP contribution in [0.2, 0.25) is 0 Å². The van der Waals surface area contributed by atoms with E-state index >= 15 is 0 Å². The van der Waals surface area contributed by atoms with Crippen LogP contribution in [0.3, 0.4) is 0 Å². The van der Waals surface area contributed by atoms with Crippen molar-refractivity contribution in [1.29, 1.82) is 0 Å². The summed E-state index contributed by atoms with van der Waals surface area (Å²) in [6.45, 7) is 11.9. The minimum atomic E-state index is -0.135. The molecule has 2 aliphatic heterocycles. The van der Waals surface area contributed by atoms with Gasteiger partial charge in [-0.25, -0.2) is 0 Å². The normalized spacial score (nSPS) is 29.7. The van der Waals surface area contributed by atoms with Crippen LogP contribution < -0.4 is 0 Å². The highest BCUT2D eigenvalue weighted by Crippen LogP contribution is 2.35. The largest absolute Gasteiger partial charge is 0.378 e. The molecule has 3 rings (SSSR count). The fourth-order valence-corrected chi connectivity index (χ4v) is 3.75. The quantitative estimate of drug-likeness (QED) is 0.816. The predicted octanol–water partition coefficient (Wildman–Crippen LogP) is 1.06. The van der Waals surface area contributed by atoms with Gasteiger partial charge in [-0.1, -0.05) is 6.92 Å². The van der Waals surface area contributed by atoms with Crippen LogP contribution >= 0.6 is 0 Å². The minimum Gasteiger partial charge on any atom is -0.378 e. The zero-order chi connectivity index (χ0) is 13.9. The van der Waals surface area contributed by atoms with Crippen LogP contribution in [-0.4, -0.2) is 78.4 Å². The molecule has 0 aromatic heterocycles. The molecule has 2 saturated heterocycles. The average Bonchev–Trinajstić information content (AvgIpc) is 3.33. The molecule has 4 heteroatoms. The second-order valence-corrected chi connectivity index (χ2v) is 6.97. The van der Waals surface area contributed by atoms with Crippen molar-refractivity contribution >= 4 is 0 Å². The van der Waals surface area contributed by atoms with Crippen molar-refractivity contribution in [3.8, 4) is 0 Å². The van der Waals surface area contributed by atoms with Gasteiger partial charge in [0.05, 0.1) is 0 Å². The van der Waals surface area contributed by atoms with E-state index in [-0.39, 0.29) is 6.23 Å². The molecule has 0 amide bonds. The molecule has 116 valence electrons. The molecule has 1 N–H and O–H groups in total. The molecule has 0 aromatic rings. The van der Waals surface area contributed by atoms with E-state index in [0.717, 1.165) is 19.0 Å². The fraction of sp³-hybridized carbons (Fsp3) is 1.00. The topological polar surface area (TPSA) is 30.0 Å². The Bertz CT molecular complexity index is 292. The lowest BCUT2D eigenvalue weighted by Crippen LogP contribution is -2.49. The van der Waals surface area contributed by atoms with E-state index in [1.165, 1.54) is 65.0 Å². The molecule has 0 aromatic carbocycles. The van der Waals surface area contributed by atoms with Crippen LogP contribution in [-0.2, 0) is 0 Å². The van der Waals surface area contributed by atoms with E-state index in [1.54, 1.807) is 0 Å². The number of aliphatic hydroxyl groups excluding tert-OH is 1. The van der Waals surface area contributed by atoms with Crippen LogP contribution in [0.15, 0.2) is 0 Å². The third kappa shape index (κ3) is 3.73. The lowest BCUT2D eigenvalue weighted by Gasteiger charge is -2.39. The number of hydrogen-bond acceptors (Lipinski definition) is 4. The molecule has 3 aliphatic rings. The maximum absolute atomic E-state index is 10.2. The van der Waals surface area contributed by atoms with Gasteiger partial charge in [0.25, 0.3) is 0 Å². The molecule has 1 saturated carbocycles. The minimum absolute atomic E-state index is 0.135. The van der Waals surface area contributed by atoms with Gasteiger partial charge in [-0.3, -0.25) is 4.90 Å². The molecule has 20 heavy (non-hydrogen) atoms. The zero-order valence-electron chi connectivity index (χ0n) is 13.0. The second-order valence-electron chi connectivity index (χ2n) is 6.97. The van der Waals surface area contributed by atoms with Gasteiger partial charge in [-0.2, -0.15) is 0 Å². The monoisotopic (exact) mass is 281 g/mol. The van der Waals surface area contributed by atoms with Gasteiger partial charge >= 0.3 is 0 Å². The summed E-state index contributed by atoms with van der Waals surface area (Å²) in [6.07, 6.45) is 4.89. The van der Waals surface area contributed by atoms with Crippen molar-refractivity contribution in [3.05, 3.63) is 0 Å². The summed E-state index contributed by atoms with van der Waals surface area (Å²) in [5.74, 6) is 1.44. The van der Waals surface area contributed by atoms with Crippen molar-refractivity contribution < 1.29 is 5.11 Å². The Labute approximate surface area is 123 Å². The zero-order valence-corrected chi connectivity index (χ0v) is 13.0. The number of aliphatic hydroxyl groups is 1. The molecule has 1 aliphatic carbocycles. The predicted molar refractivity (Wildman–Crippen MR) is 81.6 cm³/mol. The molecule has 1 atom stereocenters. The standard InChI is InChI=1S/C16H31N3O/c1-2-17-9-11-18(12-10-17)13-14-5-7-19(8-6-14)16(20)15-3-4-15/h14-16,20H,2-13H2,1H3. The molecule has 2 heterocycles. The van der Waals surface area contributed by atoms with E-state index in [9.17, 15) is 5.11 Å². The summed E-state index contributed by atoms with van der Waals surface area (Å²) in [5, 5.41) is 10.2. The lowest BCUT2D eigenvalue weighted by molar-refractivity contribution is -0.0347. The highest BCUT2D eigenvalue weighted by molar-refractivity contribution is 4.85. The van der Waals surface area contributed by atoms with Gasteiger partial charge in [0.15, 0.2) is 0 Å². The Hall–Kier alpha value is -0.160. The summed E-state index contributed by atoms with van der Waals surface area (Å²) in [5.41, 5.74) is 0. The van der Waals surface area contributed by atoms with Gasteiger partial charge in [-0.05, 0) is 44.1 Å². The van der Waals surface area contributed by atoms with Gasteiger partial charge in [0.1, 0.15) is 6.23 Å². The molecule has 0 spiro atoms. The lowest BCUT2D eigenvalue weighted by atomic mass is 9.95. The number of hydrogen-bond donors (Lipinski definition) is 1. The maximum Gasteiger partial charge on any atom is 0.110 e. The molecular weight excluding hydrogens is 250 g/mol.